The van der Waals surface area contributed by atoms with E-state index < -0.39 is 0 Å². The highest BCUT2D eigenvalue weighted by atomic mass is 32.1. The quantitative estimate of drug-likeness (QED) is 0.928. The number of aryl methyl sites for hydroxylation is 2. The molecule has 3 rings (SSSR count). The predicted molar refractivity (Wildman–Crippen MR) is 97.5 cm³/mol. The highest BCUT2D eigenvalue weighted by molar-refractivity contribution is 7.15. The number of rotatable bonds is 3. The van der Waals surface area contributed by atoms with Gasteiger partial charge in [-0.3, -0.25) is 14.7 Å². The van der Waals surface area contributed by atoms with Crippen LogP contribution in [0, 0.1) is 13.8 Å². The van der Waals surface area contributed by atoms with Gasteiger partial charge in [0, 0.05) is 48.5 Å². The Morgan fingerprint density at radius 1 is 1.33 bits per heavy atom. The van der Waals surface area contributed by atoms with E-state index in [1.54, 1.807) is 11.3 Å². The number of hydrogen-bond donors (Lipinski definition) is 1. The van der Waals surface area contributed by atoms with Crippen molar-refractivity contribution < 1.29 is 4.79 Å². The summed E-state index contributed by atoms with van der Waals surface area (Å²) in [5.74, 6) is -0.0767. The second-order valence-corrected chi connectivity index (χ2v) is 7.51. The van der Waals surface area contributed by atoms with E-state index in [1.807, 2.05) is 6.20 Å². The first kappa shape index (κ1) is 17.0. The number of carbonyl (C=O) groups excluding carboxylic acids is 1. The first-order valence-electron chi connectivity index (χ1n) is 8.37. The zero-order valence-electron chi connectivity index (χ0n) is 14.7. The molecule has 0 radical (unpaired) electrons. The molecule has 1 atom stereocenters. The topological polar surface area (TPSA) is 58.1 Å². The van der Waals surface area contributed by atoms with Gasteiger partial charge in [-0.2, -0.15) is 0 Å². The van der Waals surface area contributed by atoms with Crippen LogP contribution in [0.4, 0.5) is 5.13 Å². The Morgan fingerprint density at radius 3 is 2.83 bits per heavy atom. The van der Waals surface area contributed by atoms with Gasteiger partial charge in [0.2, 0.25) is 5.91 Å². The van der Waals surface area contributed by atoms with Crippen LogP contribution < -0.4 is 5.32 Å². The Labute approximate surface area is 147 Å². The van der Waals surface area contributed by atoms with Crippen molar-refractivity contribution in [2.45, 2.75) is 46.6 Å². The molecule has 1 aliphatic rings. The van der Waals surface area contributed by atoms with Crippen LogP contribution in [0.3, 0.4) is 0 Å². The predicted octanol–water partition coefficient (Wildman–Crippen LogP) is 3.28. The second kappa shape index (κ2) is 6.99. The zero-order chi connectivity index (χ0) is 17.3. The maximum absolute atomic E-state index is 11.2. The fourth-order valence-corrected chi connectivity index (χ4v) is 4.34. The van der Waals surface area contributed by atoms with Gasteiger partial charge in [-0.25, -0.2) is 4.98 Å². The summed E-state index contributed by atoms with van der Waals surface area (Å²) >= 11 is 1.56. The van der Waals surface area contributed by atoms with Crippen molar-refractivity contribution in [1.82, 2.24) is 14.9 Å². The number of nitrogens with one attached hydrogen (secondary N) is 1. The van der Waals surface area contributed by atoms with E-state index in [0.717, 1.165) is 31.6 Å². The number of anilines is 1. The summed E-state index contributed by atoms with van der Waals surface area (Å²) in [5.41, 5.74) is 5.14. The zero-order valence-corrected chi connectivity index (χ0v) is 15.5. The maximum Gasteiger partial charge on any atom is 0.223 e. The summed E-state index contributed by atoms with van der Waals surface area (Å²) in [6.45, 7) is 9.97. The van der Waals surface area contributed by atoms with Crippen LogP contribution in [0.5, 0.6) is 0 Å². The third-order valence-corrected chi connectivity index (χ3v) is 5.72. The van der Waals surface area contributed by atoms with E-state index in [2.05, 4.69) is 47.0 Å². The van der Waals surface area contributed by atoms with Crippen LogP contribution in [0.25, 0.3) is 0 Å². The van der Waals surface area contributed by atoms with E-state index in [4.69, 9.17) is 0 Å². The van der Waals surface area contributed by atoms with E-state index in [-0.39, 0.29) is 5.91 Å². The molecular formula is C18H24N4OS. The SMILES string of the molecule is CC(=O)Nc1ncc([C@@H](C)N2CCc3cc(C)nc(C)c3CC2)s1. The molecule has 2 aromatic heterocycles. The number of thiazole rings is 1. The summed E-state index contributed by atoms with van der Waals surface area (Å²) in [6, 6.07) is 2.53. The van der Waals surface area contributed by atoms with Crippen molar-refractivity contribution in [3.05, 3.63) is 39.7 Å². The molecule has 0 unspecified atom stereocenters. The van der Waals surface area contributed by atoms with Gasteiger partial charge in [-0.05, 0) is 50.8 Å². The lowest BCUT2D eigenvalue weighted by Crippen LogP contribution is -2.29. The molecule has 1 aliphatic heterocycles. The molecule has 2 aromatic rings. The number of fused-ring (bicyclic) bond motifs is 1. The fourth-order valence-electron chi connectivity index (χ4n) is 3.39. The summed E-state index contributed by atoms with van der Waals surface area (Å²) in [5, 5.41) is 3.44. The normalized spacial score (nSPS) is 16.3. The van der Waals surface area contributed by atoms with E-state index in [9.17, 15) is 4.79 Å². The minimum atomic E-state index is -0.0767. The van der Waals surface area contributed by atoms with Crippen molar-refractivity contribution in [2.75, 3.05) is 18.4 Å². The van der Waals surface area contributed by atoms with Crippen molar-refractivity contribution in [3.63, 3.8) is 0 Å². The van der Waals surface area contributed by atoms with Crippen molar-refractivity contribution in [2.24, 2.45) is 0 Å². The molecule has 0 saturated heterocycles. The molecule has 1 N–H and O–H groups in total. The molecule has 0 aromatic carbocycles. The first-order chi connectivity index (χ1) is 11.4. The van der Waals surface area contributed by atoms with Crippen molar-refractivity contribution >= 4 is 22.4 Å². The third kappa shape index (κ3) is 3.65. The summed E-state index contributed by atoms with van der Waals surface area (Å²) in [4.78, 5) is 23.8. The van der Waals surface area contributed by atoms with Gasteiger partial charge >= 0.3 is 0 Å². The minimum absolute atomic E-state index is 0.0767. The monoisotopic (exact) mass is 344 g/mol. The number of carbonyl (C=O) groups is 1. The standard InChI is InChI=1S/C18H24N4OS/c1-11-9-15-5-7-22(8-6-16(15)12(2)20-11)13(3)17-10-19-18(24-17)21-14(4)23/h9-10,13H,5-8H2,1-4H3,(H,19,21,23)/t13-/m1/s1. The summed E-state index contributed by atoms with van der Waals surface area (Å²) in [7, 11) is 0. The second-order valence-electron chi connectivity index (χ2n) is 6.45. The molecule has 3 heterocycles. The number of pyridine rings is 1. The lowest BCUT2D eigenvalue weighted by atomic mass is 10.0. The largest absolute Gasteiger partial charge is 0.302 e. The van der Waals surface area contributed by atoms with Gasteiger partial charge in [-0.15, -0.1) is 11.3 Å². The summed E-state index contributed by atoms with van der Waals surface area (Å²) < 4.78 is 0. The molecule has 5 nitrogen and oxygen atoms in total. The molecule has 1 amide bonds. The Balaban J connectivity index is 1.73. The van der Waals surface area contributed by atoms with Gasteiger partial charge in [0.25, 0.3) is 0 Å². The van der Waals surface area contributed by atoms with E-state index in [0.29, 0.717) is 11.2 Å². The van der Waals surface area contributed by atoms with Crippen LogP contribution in [0.1, 0.15) is 47.3 Å². The Hall–Kier alpha value is -1.79. The Bertz CT molecular complexity index is 755. The van der Waals surface area contributed by atoms with Gasteiger partial charge in [-0.1, -0.05) is 0 Å². The molecule has 0 fully saturated rings. The van der Waals surface area contributed by atoms with Crippen LogP contribution >= 0.6 is 11.3 Å². The maximum atomic E-state index is 11.2. The number of aromatic nitrogens is 2. The van der Waals surface area contributed by atoms with Crippen molar-refractivity contribution in [1.29, 1.82) is 0 Å². The number of hydrogen-bond acceptors (Lipinski definition) is 5. The molecule has 128 valence electrons. The van der Waals surface area contributed by atoms with E-state index in [1.165, 1.54) is 28.6 Å². The summed E-state index contributed by atoms with van der Waals surface area (Å²) in [6.07, 6.45) is 3.98. The average Bonchev–Trinajstić information content (AvgIpc) is 2.85. The van der Waals surface area contributed by atoms with Crippen LogP contribution in [-0.4, -0.2) is 33.9 Å². The van der Waals surface area contributed by atoms with Crippen molar-refractivity contribution in [3.8, 4) is 0 Å². The van der Waals surface area contributed by atoms with Gasteiger partial charge < -0.3 is 5.32 Å². The highest BCUT2D eigenvalue weighted by Gasteiger charge is 2.22. The lowest BCUT2D eigenvalue weighted by Gasteiger charge is -2.26. The van der Waals surface area contributed by atoms with E-state index >= 15 is 0 Å². The van der Waals surface area contributed by atoms with Gasteiger partial charge in [0.1, 0.15) is 0 Å². The highest BCUT2D eigenvalue weighted by Crippen LogP contribution is 2.30. The van der Waals surface area contributed by atoms with Crippen LogP contribution in [-0.2, 0) is 17.6 Å². The fraction of sp³-hybridized carbons (Fsp3) is 0.500. The minimum Gasteiger partial charge on any atom is -0.302 e. The number of nitrogens with zero attached hydrogens (tertiary/aromatic N) is 3. The molecular weight excluding hydrogens is 320 g/mol. The smallest absolute Gasteiger partial charge is 0.223 e. The first-order valence-corrected chi connectivity index (χ1v) is 9.19. The Kier molecular flexibility index (Phi) is 4.96. The molecule has 0 bridgehead atoms. The lowest BCUT2D eigenvalue weighted by molar-refractivity contribution is -0.114. The molecule has 24 heavy (non-hydrogen) atoms. The average molecular weight is 344 g/mol. The van der Waals surface area contributed by atoms with Gasteiger partial charge in [0.15, 0.2) is 5.13 Å². The van der Waals surface area contributed by atoms with Crippen LogP contribution in [0.2, 0.25) is 0 Å². The molecule has 0 saturated carbocycles. The Morgan fingerprint density at radius 2 is 2.08 bits per heavy atom. The van der Waals surface area contributed by atoms with Gasteiger partial charge in [0.05, 0.1) is 0 Å². The molecule has 0 spiro atoms. The molecule has 6 heteroatoms. The van der Waals surface area contributed by atoms with Crippen LogP contribution in [0.15, 0.2) is 12.3 Å². The third-order valence-electron chi connectivity index (χ3n) is 4.63. The molecule has 0 aliphatic carbocycles. The number of amides is 1.